The first-order valence-electron chi connectivity index (χ1n) is 7.48. The van der Waals surface area contributed by atoms with E-state index < -0.39 is 0 Å². The lowest BCUT2D eigenvalue weighted by atomic mass is 9.96. The Kier molecular flexibility index (Phi) is 10.4. The summed E-state index contributed by atoms with van der Waals surface area (Å²) in [5.41, 5.74) is 0. The molecule has 0 rings (SSSR count). The zero-order chi connectivity index (χ0) is 13.1. The summed E-state index contributed by atoms with van der Waals surface area (Å²) in [6.45, 7) is 10.8. The number of hydrogen-bond donors (Lipinski definition) is 0. The number of unbranched alkanes of at least 4 members (excludes halogenated alkanes) is 6. The molecule has 0 spiro atoms. The highest BCUT2D eigenvalue weighted by atomic mass is 15.1. The Balaban J connectivity index is 3.58. The third-order valence-corrected chi connectivity index (χ3v) is 3.68. The van der Waals surface area contributed by atoms with E-state index in [4.69, 9.17) is 0 Å². The Hall–Kier alpha value is -0.460. The first-order valence-corrected chi connectivity index (χ1v) is 7.48. The second kappa shape index (κ2) is 10.7. The van der Waals surface area contributed by atoms with Gasteiger partial charge in [0.05, 0.1) is 0 Å². The zero-order valence-corrected chi connectivity index (χ0v) is 12.5. The van der Waals surface area contributed by atoms with Gasteiger partial charge in [-0.05, 0) is 18.5 Å². The molecular weight excluding hydrogens is 206 g/mol. The monoisotopic (exact) mass is 239 g/mol. The fourth-order valence-corrected chi connectivity index (χ4v) is 2.45. The smallest absolute Gasteiger partial charge is 0.0303 e. The molecule has 17 heavy (non-hydrogen) atoms. The maximum Gasteiger partial charge on any atom is 0.0303 e. The van der Waals surface area contributed by atoms with E-state index in [2.05, 4.69) is 39.3 Å². The van der Waals surface area contributed by atoms with Crippen LogP contribution in [0.15, 0.2) is 12.8 Å². The zero-order valence-electron chi connectivity index (χ0n) is 12.5. The van der Waals surface area contributed by atoms with E-state index >= 15 is 0 Å². The standard InChI is InChI=1S/C16H33N/c1-6-8-9-10-11-12-13-14-16(15(3)4)17(5)7-2/h7,15-16H,2,6,8-14H2,1,3-5H3. The van der Waals surface area contributed by atoms with Crippen LogP contribution in [0.2, 0.25) is 0 Å². The second-order valence-electron chi connectivity index (χ2n) is 5.57. The second-order valence-corrected chi connectivity index (χ2v) is 5.57. The largest absolute Gasteiger partial charge is 0.378 e. The molecule has 0 aliphatic rings. The molecule has 0 saturated carbocycles. The van der Waals surface area contributed by atoms with Crippen LogP contribution in [0.1, 0.15) is 72.1 Å². The Bertz CT molecular complexity index is 174. The molecular formula is C16H33N. The molecule has 0 N–H and O–H groups in total. The summed E-state index contributed by atoms with van der Waals surface area (Å²) in [6, 6.07) is 0.670. The molecule has 0 amide bonds. The van der Waals surface area contributed by atoms with Crippen LogP contribution in [0.3, 0.4) is 0 Å². The van der Waals surface area contributed by atoms with Crippen LogP contribution in [0.25, 0.3) is 0 Å². The van der Waals surface area contributed by atoms with Crippen molar-refractivity contribution in [3.63, 3.8) is 0 Å². The Morgan fingerprint density at radius 2 is 1.53 bits per heavy atom. The Morgan fingerprint density at radius 1 is 1.00 bits per heavy atom. The van der Waals surface area contributed by atoms with Gasteiger partial charge in [-0.1, -0.05) is 72.3 Å². The molecule has 0 aromatic rings. The summed E-state index contributed by atoms with van der Waals surface area (Å²) in [4.78, 5) is 2.28. The van der Waals surface area contributed by atoms with E-state index in [0.717, 1.165) is 5.92 Å². The predicted octanol–water partition coefficient (Wildman–Crippen LogP) is 5.23. The SMILES string of the molecule is C=CN(C)C(CCCCCCCCC)C(C)C. The quantitative estimate of drug-likeness (QED) is 0.446. The minimum Gasteiger partial charge on any atom is -0.378 e. The van der Waals surface area contributed by atoms with Gasteiger partial charge in [0, 0.05) is 13.1 Å². The molecule has 102 valence electrons. The van der Waals surface area contributed by atoms with Crippen LogP contribution in [0, 0.1) is 5.92 Å². The average molecular weight is 239 g/mol. The third kappa shape index (κ3) is 8.29. The van der Waals surface area contributed by atoms with Crippen molar-refractivity contribution >= 4 is 0 Å². The van der Waals surface area contributed by atoms with E-state index in [1.165, 1.54) is 51.4 Å². The molecule has 1 unspecified atom stereocenters. The lowest BCUT2D eigenvalue weighted by molar-refractivity contribution is 0.239. The van der Waals surface area contributed by atoms with E-state index in [0.29, 0.717) is 6.04 Å². The molecule has 0 aromatic heterocycles. The van der Waals surface area contributed by atoms with Crippen molar-refractivity contribution in [2.24, 2.45) is 5.92 Å². The fourth-order valence-electron chi connectivity index (χ4n) is 2.45. The molecule has 0 saturated heterocycles. The molecule has 1 atom stereocenters. The summed E-state index contributed by atoms with van der Waals surface area (Å²) in [7, 11) is 2.15. The van der Waals surface area contributed by atoms with Crippen molar-refractivity contribution < 1.29 is 0 Å². The molecule has 0 aliphatic heterocycles. The molecule has 1 nitrogen and oxygen atoms in total. The third-order valence-electron chi connectivity index (χ3n) is 3.68. The van der Waals surface area contributed by atoms with E-state index in [1.807, 2.05) is 6.20 Å². The number of hydrogen-bond acceptors (Lipinski definition) is 1. The van der Waals surface area contributed by atoms with Crippen molar-refractivity contribution in [1.82, 2.24) is 4.90 Å². The van der Waals surface area contributed by atoms with Crippen molar-refractivity contribution in [3.8, 4) is 0 Å². The van der Waals surface area contributed by atoms with Crippen molar-refractivity contribution in [2.75, 3.05) is 7.05 Å². The normalized spacial score (nSPS) is 12.8. The van der Waals surface area contributed by atoms with Crippen LogP contribution in [0.5, 0.6) is 0 Å². The lowest BCUT2D eigenvalue weighted by Gasteiger charge is -2.30. The highest BCUT2D eigenvalue weighted by Gasteiger charge is 2.15. The Morgan fingerprint density at radius 3 is 2.00 bits per heavy atom. The number of rotatable bonds is 11. The first-order chi connectivity index (χ1) is 8.13. The minimum absolute atomic E-state index is 0.670. The van der Waals surface area contributed by atoms with Crippen molar-refractivity contribution in [1.29, 1.82) is 0 Å². The van der Waals surface area contributed by atoms with Crippen LogP contribution < -0.4 is 0 Å². The molecule has 0 heterocycles. The first kappa shape index (κ1) is 16.5. The van der Waals surface area contributed by atoms with Gasteiger partial charge in [-0.2, -0.15) is 0 Å². The van der Waals surface area contributed by atoms with E-state index in [-0.39, 0.29) is 0 Å². The van der Waals surface area contributed by atoms with Crippen LogP contribution >= 0.6 is 0 Å². The molecule has 0 radical (unpaired) electrons. The van der Waals surface area contributed by atoms with Crippen LogP contribution in [0.4, 0.5) is 0 Å². The minimum atomic E-state index is 0.670. The van der Waals surface area contributed by atoms with Gasteiger partial charge in [0.15, 0.2) is 0 Å². The number of nitrogens with zero attached hydrogens (tertiary/aromatic N) is 1. The summed E-state index contributed by atoms with van der Waals surface area (Å²) >= 11 is 0. The summed E-state index contributed by atoms with van der Waals surface area (Å²) in [5, 5.41) is 0. The van der Waals surface area contributed by atoms with Crippen molar-refractivity contribution in [3.05, 3.63) is 12.8 Å². The summed E-state index contributed by atoms with van der Waals surface area (Å²) in [6.07, 6.45) is 13.1. The van der Waals surface area contributed by atoms with Gasteiger partial charge in [0.25, 0.3) is 0 Å². The van der Waals surface area contributed by atoms with E-state index in [9.17, 15) is 0 Å². The molecule has 0 bridgehead atoms. The van der Waals surface area contributed by atoms with Gasteiger partial charge in [0.1, 0.15) is 0 Å². The molecule has 1 heteroatoms. The highest BCUT2D eigenvalue weighted by molar-refractivity contribution is 4.79. The molecule has 0 aliphatic carbocycles. The van der Waals surface area contributed by atoms with Gasteiger partial charge >= 0.3 is 0 Å². The lowest BCUT2D eigenvalue weighted by Crippen LogP contribution is -2.31. The maximum absolute atomic E-state index is 3.87. The van der Waals surface area contributed by atoms with Crippen molar-refractivity contribution in [2.45, 2.75) is 78.2 Å². The van der Waals surface area contributed by atoms with Gasteiger partial charge in [-0.3, -0.25) is 0 Å². The summed E-state index contributed by atoms with van der Waals surface area (Å²) in [5.74, 6) is 0.720. The van der Waals surface area contributed by atoms with Gasteiger partial charge in [0.2, 0.25) is 0 Å². The van der Waals surface area contributed by atoms with Crippen LogP contribution in [-0.2, 0) is 0 Å². The average Bonchev–Trinajstić information content (AvgIpc) is 2.31. The summed E-state index contributed by atoms with van der Waals surface area (Å²) < 4.78 is 0. The Labute approximate surface area is 109 Å². The highest BCUT2D eigenvalue weighted by Crippen LogP contribution is 2.17. The van der Waals surface area contributed by atoms with Gasteiger partial charge < -0.3 is 4.90 Å². The van der Waals surface area contributed by atoms with Gasteiger partial charge in [-0.25, -0.2) is 0 Å². The van der Waals surface area contributed by atoms with Crippen LogP contribution in [-0.4, -0.2) is 18.0 Å². The topological polar surface area (TPSA) is 3.24 Å². The van der Waals surface area contributed by atoms with Gasteiger partial charge in [-0.15, -0.1) is 0 Å². The molecule has 0 fully saturated rings. The maximum atomic E-state index is 3.87. The molecule has 0 aromatic carbocycles. The van der Waals surface area contributed by atoms with E-state index in [1.54, 1.807) is 0 Å². The fraction of sp³-hybridized carbons (Fsp3) is 0.875. The predicted molar refractivity (Wildman–Crippen MR) is 79.2 cm³/mol.